The Hall–Kier alpha value is -1.19. The number of rotatable bonds is 2. The molecule has 2 aromatic rings. The summed E-state index contributed by atoms with van der Waals surface area (Å²) in [6.07, 6.45) is 1.73. The minimum atomic E-state index is 0.661. The molecule has 16 heavy (non-hydrogen) atoms. The smallest absolute Gasteiger partial charge is 0.119 e. The van der Waals surface area contributed by atoms with E-state index in [0.29, 0.717) is 5.02 Å². The minimum absolute atomic E-state index is 0.661. The summed E-state index contributed by atoms with van der Waals surface area (Å²) in [5, 5.41) is 1.46. The standard InChI is InChI=1S/C12H11ClN2S/c1-8-4-5-9(14)7-11(8)16-12-10(13)3-2-6-15-12/h2-7H,14H2,1H3. The lowest BCUT2D eigenvalue weighted by atomic mass is 10.2. The van der Waals surface area contributed by atoms with E-state index in [1.54, 1.807) is 6.20 Å². The molecule has 0 unspecified atom stereocenters. The van der Waals surface area contributed by atoms with Gasteiger partial charge in [-0.05, 0) is 36.8 Å². The monoisotopic (exact) mass is 250 g/mol. The Kier molecular flexibility index (Phi) is 3.36. The van der Waals surface area contributed by atoms with Crippen LogP contribution in [0.3, 0.4) is 0 Å². The van der Waals surface area contributed by atoms with E-state index in [-0.39, 0.29) is 0 Å². The van der Waals surface area contributed by atoms with Crippen molar-refractivity contribution in [3.63, 3.8) is 0 Å². The quantitative estimate of drug-likeness (QED) is 0.825. The number of nitrogens with zero attached hydrogens (tertiary/aromatic N) is 1. The van der Waals surface area contributed by atoms with Gasteiger partial charge in [0.05, 0.1) is 5.02 Å². The molecule has 0 bridgehead atoms. The van der Waals surface area contributed by atoms with Gasteiger partial charge >= 0.3 is 0 Å². The van der Waals surface area contributed by atoms with E-state index >= 15 is 0 Å². The lowest BCUT2D eigenvalue weighted by Gasteiger charge is -2.06. The molecule has 0 saturated carbocycles. The summed E-state index contributed by atoms with van der Waals surface area (Å²) in [6.45, 7) is 2.04. The number of aromatic nitrogens is 1. The van der Waals surface area contributed by atoms with E-state index < -0.39 is 0 Å². The summed E-state index contributed by atoms with van der Waals surface area (Å²) < 4.78 is 0. The van der Waals surface area contributed by atoms with Gasteiger partial charge in [-0.3, -0.25) is 0 Å². The first-order valence-corrected chi connectivity index (χ1v) is 6.01. The zero-order valence-electron chi connectivity index (χ0n) is 8.77. The number of nitrogens with two attached hydrogens (primary N) is 1. The number of anilines is 1. The first-order chi connectivity index (χ1) is 7.66. The number of aryl methyl sites for hydroxylation is 1. The third kappa shape index (κ3) is 2.49. The molecule has 0 amide bonds. The normalized spacial score (nSPS) is 10.4. The van der Waals surface area contributed by atoms with E-state index in [2.05, 4.69) is 4.98 Å². The van der Waals surface area contributed by atoms with E-state index in [4.69, 9.17) is 17.3 Å². The Balaban J connectivity index is 2.34. The van der Waals surface area contributed by atoms with E-state index in [1.165, 1.54) is 17.3 Å². The van der Waals surface area contributed by atoms with Crippen LogP contribution in [-0.4, -0.2) is 4.98 Å². The molecule has 82 valence electrons. The first-order valence-electron chi connectivity index (χ1n) is 4.81. The Morgan fingerprint density at radius 3 is 2.88 bits per heavy atom. The van der Waals surface area contributed by atoms with E-state index in [9.17, 15) is 0 Å². The van der Waals surface area contributed by atoms with Crippen molar-refractivity contribution in [1.82, 2.24) is 4.98 Å². The largest absolute Gasteiger partial charge is 0.399 e. The number of halogens is 1. The fraction of sp³-hybridized carbons (Fsp3) is 0.0833. The molecular formula is C12H11ClN2S. The van der Waals surface area contributed by atoms with Gasteiger partial charge in [-0.1, -0.05) is 29.4 Å². The first kappa shape index (κ1) is 11.3. The van der Waals surface area contributed by atoms with Gasteiger partial charge in [-0.25, -0.2) is 4.98 Å². The molecule has 0 spiro atoms. The maximum absolute atomic E-state index is 6.05. The van der Waals surface area contributed by atoms with Crippen molar-refractivity contribution in [2.45, 2.75) is 16.8 Å². The Morgan fingerprint density at radius 2 is 2.12 bits per heavy atom. The molecule has 1 aromatic heterocycles. The molecule has 0 atom stereocenters. The highest BCUT2D eigenvalue weighted by Crippen LogP contribution is 2.33. The van der Waals surface area contributed by atoms with Crippen LogP contribution in [0.2, 0.25) is 5.02 Å². The predicted molar refractivity (Wildman–Crippen MR) is 69.0 cm³/mol. The number of nitrogen functional groups attached to an aromatic ring is 1. The zero-order valence-corrected chi connectivity index (χ0v) is 10.3. The lowest BCUT2D eigenvalue weighted by Crippen LogP contribution is -1.88. The van der Waals surface area contributed by atoms with Gasteiger partial charge in [0.1, 0.15) is 5.03 Å². The SMILES string of the molecule is Cc1ccc(N)cc1Sc1ncccc1Cl. The van der Waals surface area contributed by atoms with Crippen molar-refractivity contribution < 1.29 is 0 Å². The molecule has 0 aliphatic rings. The van der Waals surface area contributed by atoms with Gasteiger partial charge < -0.3 is 5.73 Å². The molecule has 2 N–H and O–H groups in total. The highest BCUT2D eigenvalue weighted by atomic mass is 35.5. The zero-order chi connectivity index (χ0) is 11.5. The van der Waals surface area contributed by atoms with Crippen LogP contribution >= 0.6 is 23.4 Å². The van der Waals surface area contributed by atoms with Crippen molar-refractivity contribution in [3.05, 3.63) is 47.1 Å². The molecule has 1 aromatic carbocycles. The van der Waals surface area contributed by atoms with Crippen LogP contribution < -0.4 is 5.73 Å². The van der Waals surface area contributed by atoms with Crippen LogP contribution in [0.25, 0.3) is 0 Å². The molecule has 0 fully saturated rings. The van der Waals surface area contributed by atoms with Crippen molar-refractivity contribution >= 4 is 29.1 Å². The maximum atomic E-state index is 6.05. The molecular weight excluding hydrogens is 240 g/mol. The van der Waals surface area contributed by atoms with E-state index in [0.717, 1.165) is 15.6 Å². The van der Waals surface area contributed by atoms with Crippen molar-refractivity contribution in [2.75, 3.05) is 5.73 Å². The summed E-state index contributed by atoms with van der Waals surface area (Å²) in [5.74, 6) is 0. The van der Waals surface area contributed by atoms with Crippen molar-refractivity contribution in [2.24, 2.45) is 0 Å². The van der Waals surface area contributed by atoms with Crippen molar-refractivity contribution in [1.29, 1.82) is 0 Å². The molecule has 0 radical (unpaired) electrons. The number of hydrogen-bond donors (Lipinski definition) is 1. The van der Waals surface area contributed by atoms with Gasteiger partial charge in [0.2, 0.25) is 0 Å². The Morgan fingerprint density at radius 1 is 1.31 bits per heavy atom. The average Bonchev–Trinajstić information content (AvgIpc) is 2.27. The van der Waals surface area contributed by atoms with Gasteiger partial charge in [0.25, 0.3) is 0 Å². The summed E-state index contributed by atoms with van der Waals surface area (Å²) in [6, 6.07) is 9.47. The molecule has 0 aliphatic carbocycles. The van der Waals surface area contributed by atoms with E-state index in [1.807, 2.05) is 37.3 Å². The highest BCUT2D eigenvalue weighted by Gasteiger charge is 2.06. The van der Waals surface area contributed by atoms with Crippen molar-refractivity contribution in [3.8, 4) is 0 Å². The Bertz CT molecular complexity index is 514. The Labute approximate surface area is 104 Å². The molecule has 0 saturated heterocycles. The summed E-state index contributed by atoms with van der Waals surface area (Å²) in [5.41, 5.74) is 7.67. The van der Waals surface area contributed by atoms with Crippen LogP contribution in [0.5, 0.6) is 0 Å². The number of pyridine rings is 1. The summed E-state index contributed by atoms with van der Waals surface area (Å²) in [4.78, 5) is 5.32. The fourth-order valence-corrected chi connectivity index (χ4v) is 2.43. The second-order valence-corrected chi connectivity index (χ2v) is 4.86. The average molecular weight is 251 g/mol. The third-order valence-electron chi connectivity index (χ3n) is 2.14. The molecule has 1 heterocycles. The van der Waals surface area contributed by atoms with Gasteiger partial charge in [0.15, 0.2) is 0 Å². The molecule has 4 heteroatoms. The summed E-state index contributed by atoms with van der Waals surface area (Å²) >= 11 is 7.58. The second-order valence-electron chi connectivity index (χ2n) is 3.42. The maximum Gasteiger partial charge on any atom is 0.119 e. The van der Waals surface area contributed by atoms with Gasteiger partial charge in [0, 0.05) is 16.8 Å². The predicted octanol–water partition coefficient (Wildman–Crippen LogP) is 3.78. The van der Waals surface area contributed by atoms with Crippen LogP contribution in [0.15, 0.2) is 46.5 Å². The molecule has 0 aliphatic heterocycles. The van der Waals surface area contributed by atoms with Gasteiger partial charge in [-0.2, -0.15) is 0 Å². The number of benzene rings is 1. The molecule has 2 nitrogen and oxygen atoms in total. The highest BCUT2D eigenvalue weighted by molar-refractivity contribution is 7.99. The summed E-state index contributed by atoms with van der Waals surface area (Å²) in [7, 11) is 0. The number of hydrogen-bond acceptors (Lipinski definition) is 3. The topological polar surface area (TPSA) is 38.9 Å². The van der Waals surface area contributed by atoms with Crippen LogP contribution in [0.1, 0.15) is 5.56 Å². The minimum Gasteiger partial charge on any atom is -0.399 e. The van der Waals surface area contributed by atoms with Crippen LogP contribution in [-0.2, 0) is 0 Å². The van der Waals surface area contributed by atoms with Crippen LogP contribution in [0, 0.1) is 6.92 Å². The molecule has 2 rings (SSSR count). The second kappa shape index (κ2) is 4.76. The fourth-order valence-electron chi connectivity index (χ4n) is 1.28. The third-order valence-corrected chi connectivity index (χ3v) is 3.74. The van der Waals surface area contributed by atoms with Crippen LogP contribution in [0.4, 0.5) is 5.69 Å². The van der Waals surface area contributed by atoms with Gasteiger partial charge in [-0.15, -0.1) is 0 Å². The lowest BCUT2D eigenvalue weighted by molar-refractivity contribution is 1.13.